The molecule has 0 aliphatic carbocycles. The van der Waals surface area contributed by atoms with E-state index in [0.29, 0.717) is 5.56 Å². The highest BCUT2D eigenvalue weighted by Gasteiger charge is 2.18. The molecule has 0 bridgehead atoms. The second kappa shape index (κ2) is 6.58. The Morgan fingerprint density at radius 3 is 2.43 bits per heavy atom. The number of nitrogens with one attached hydrogen (secondary N) is 1. The molecule has 0 saturated heterocycles. The van der Waals surface area contributed by atoms with Crippen LogP contribution < -0.4 is 5.32 Å². The third-order valence-corrected chi connectivity index (χ3v) is 2.60. The van der Waals surface area contributed by atoms with Crippen LogP contribution in [0.2, 0.25) is 5.02 Å². The van der Waals surface area contributed by atoms with Crippen LogP contribution in [0.15, 0.2) is 18.2 Å². The first kappa shape index (κ1) is 17.0. The number of hydrogen-bond donors (Lipinski definition) is 2. The summed E-state index contributed by atoms with van der Waals surface area (Å²) in [6.07, 6.45) is -0.971. The molecule has 0 radical (unpaired) electrons. The normalized spacial score (nSPS) is 10.9. The van der Waals surface area contributed by atoms with Crippen LogP contribution in [0.5, 0.6) is 0 Å². The van der Waals surface area contributed by atoms with Gasteiger partial charge in [0.2, 0.25) is 5.78 Å². The summed E-state index contributed by atoms with van der Waals surface area (Å²) >= 11 is 5.94. The van der Waals surface area contributed by atoms with Gasteiger partial charge in [0.1, 0.15) is 5.60 Å². The van der Waals surface area contributed by atoms with E-state index in [1.807, 2.05) is 0 Å². The second-order valence-electron chi connectivity index (χ2n) is 5.35. The molecule has 0 saturated carbocycles. The van der Waals surface area contributed by atoms with Crippen molar-refractivity contribution < 1.29 is 24.2 Å². The molecule has 1 aromatic carbocycles. The monoisotopic (exact) mass is 313 g/mol. The number of Topliss-reactive ketones (excluding diaryl/α,β-unsaturated/α-hetero) is 1. The average Bonchev–Trinajstić information content (AvgIpc) is 2.30. The van der Waals surface area contributed by atoms with Crippen LogP contribution in [0.3, 0.4) is 0 Å². The van der Waals surface area contributed by atoms with Crippen molar-refractivity contribution in [2.24, 2.45) is 0 Å². The first-order valence-corrected chi connectivity index (χ1v) is 6.51. The van der Waals surface area contributed by atoms with Crippen molar-refractivity contribution in [3.05, 3.63) is 28.8 Å². The zero-order valence-electron chi connectivity index (χ0n) is 11.9. The van der Waals surface area contributed by atoms with Crippen LogP contribution in [0.25, 0.3) is 0 Å². The summed E-state index contributed by atoms with van der Waals surface area (Å²) in [6.45, 7) is 5.16. The van der Waals surface area contributed by atoms with Crippen LogP contribution >= 0.6 is 11.6 Å². The minimum atomic E-state index is -1.51. The highest BCUT2D eigenvalue weighted by Crippen LogP contribution is 2.24. The minimum Gasteiger partial charge on any atom is -0.475 e. The number of carbonyl (C=O) groups is 3. The lowest BCUT2D eigenvalue weighted by atomic mass is 10.1. The molecule has 1 rings (SSSR count). The molecule has 21 heavy (non-hydrogen) atoms. The molecule has 0 aliphatic rings. The zero-order chi connectivity index (χ0) is 16.2. The van der Waals surface area contributed by atoms with Gasteiger partial charge in [0.25, 0.3) is 0 Å². The minimum absolute atomic E-state index is 0.251. The standard InChI is InChI=1S/C14H16ClNO5/c1-14(2,3)21-13(20)16-10-6-8(4-5-9(10)15)7-11(17)12(18)19/h4-6H,7H2,1-3H3,(H,16,20)(H,18,19). The largest absolute Gasteiger partial charge is 0.475 e. The summed E-state index contributed by atoms with van der Waals surface area (Å²) in [6, 6.07) is 4.43. The summed E-state index contributed by atoms with van der Waals surface area (Å²) in [4.78, 5) is 33.4. The Morgan fingerprint density at radius 2 is 1.90 bits per heavy atom. The van der Waals surface area contributed by atoms with Crippen molar-refractivity contribution in [1.82, 2.24) is 0 Å². The number of amides is 1. The number of halogens is 1. The highest BCUT2D eigenvalue weighted by molar-refractivity contribution is 6.34. The first-order valence-electron chi connectivity index (χ1n) is 6.13. The average molecular weight is 314 g/mol. The Kier molecular flexibility index (Phi) is 5.32. The SMILES string of the molecule is CC(C)(C)OC(=O)Nc1cc(CC(=O)C(=O)O)ccc1Cl. The number of rotatable bonds is 4. The number of ether oxygens (including phenoxy) is 1. The Bertz CT molecular complexity index is 577. The van der Waals surface area contributed by atoms with Gasteiger partial charge in [-0.3, -0.25) is 10.1 Å². The lowest BCUT2D eigenvalue weighted by Crippen LogP contribution is -2.27. The zero-order valence-corrected chi connectivity index (χ0v) is 12.7. The molecular formula is C14H16ClNO5. The van der Waals surface area contributed by atoms with Gasteiger partial charge in [-0.25, -0.2) is 9.59 Å². The third-order valence-electron chi connectivity index (χ3n) is 2.27. The van der Waals surface area contributed by atoms with Gasteiger partial charge in [-0.2, -0.15) is 0 Å². The van der Waals surface area contributed by atoms with Crippen LogP contribution in [0.4, 0.5) is 10.5 Å². The molecule has 0 aliphatic heterocycles. The molecule has 1 aromatic rings. The van der Waals surface area contributed by atoms with Crippen molar-refractivity contribution in [2.75, 3.05) is 5.32 Å². The van der Waals surface area contributed by atoms with Gasteiger partial charge >= 0.3 is 12.1 Å². The Labute approximate surface area is 127 Å². The van der Waals surface area contributed by atoms with E-state index >= 15 is 0 Å². The molecule has 6 nitrogen and oxygen atoms in total. The van der Waals surface area contributed by atoms with E-state index in [2.05, 4.69) is 5.32 Å². The Hall–Kier alpha value is -2.08. The van der Waals surface area contributed by atoms with Gasteiger partial charge in [-0.05, 0) is 38.5 Å². The van der Waals surface area contributed by atoms with Gasteiger partial charge < -0.3 is 9.84 Å². The van der Waals surface area contributed by atoms with E-state index in [0.717, 1.165) is 0 Å². The van der Waals surface area contributed by atoms with Crippen LogP contribution in [-0.4, -0.2) is 28.6 Å². The molecule has 0 fully saturated rings. The summed E-state index contributed by atoms with van der Waals surface area (Å²) in [7, 11) is 0. The summed E-state index contributed by atoms with van der Waals surface area (Å²) < 4.78 is 5.09. The second-order valence-corrected chi connectivity index (χ2v) is 5.75. The molecule has 1 amide bonds. The lowest BCUT2D eigenvalue weighted by molar-refractivity contribution is -0.148. The van der Waals surface area contributed by atoms with E-state index in [1.165, 1.54) is 18.2 Å². The number of hydrogen-bond acceptors (Lipinski definition) is 4. The summed E-state index contributed by atoms with van der Waals surface area (Å²) in [5.74, 6) is -2.45. The van der Waals surface area contributed by atoms with Crippen molar-refractivity contribution in [2.45, 2.75) is 32.8 Å². The van der Waals surface area contributed by atoms with Gasteiger partial charge in [-0.15, -0.1) is 0 Å². The lowest BCUT2D eigenvalue weighted by Gasteiger charge is -2.20. The number of anilines is 1. The number of carboxylic acids is 1. The maximum atomic E-state index is 11.7. The molecule has 0 spiro atoms. The fourth-order valence-corrected chi connectivity index (χ4v) is 1.62. The third kappa shape index (κ3) is 5.83. The topological polar surface area (TPSA) is 92.7 Å². The summed E-state index contributed by atoms with van der Waals surface area (Å²) in [5, 5.41) is 11.3. The van der Waals surface area contributed by atoms with Crippen molar-refractivity contribution >= 4 is 35.1 Å². The number of carboxylic acid groups (broad SMARTS) is 1. The molecule has 0 unspecified atom stereocenters. The van der Waals surface area contributed by atoms with Crippen LogP contribution in [-0.2, 0) is 20.7 Å². The highest BCUT2D eigenvalue weighted by atomic mass is 35.5. The van der Waals surface area contributed by atoms with Gasteiger partial charge in [0.05, 0.1) is 10.7 Å². The maximum Gasteiger partial charge on any atom is 0.412 e. The van der Waals surface area contributed by atoms with E-state index in [4.69, 9.17) is 21.4 Å². The fourth-order valence-electron chi connectivity index (χ4n) is 1.45. The molecule has 2 N–H and O–H groups in total. The van der Waals surface area contributed by atoms with E-state index in [9.17, 15) is 14.4 Å². The number of benzene rings is 1. The predicted molar refractivity (Wildman–Crippen MR) is 77.7 cm³/mol. The first-order chi connectivity index (χ1) is 9.58. The molecule has 0 aromatic heterocycles. The Balaban J connectivity index is 2.85. The van der Waals surface area contributed by atoms with E-state index in [-0.39, 0.29) is 17.1 Å². The van der Waals surface area contributed by atoms with Crippen molar-refractivity contribution in [3.63, 3.8) is 0 Å². The Morgan fingerprint density at radius 1 is 1.29 bits per heavy atom. The van der Waals surface area contributed by atoms with Crippen molar-refractivity contribution in [3.8, 4) is 0 Å². The quantitative estimate of drug-likeness (QED) is 0.834. The number of carbonyl (C=O) groups excluding carboxylic acids is 2. The fraction of sp³-hybridized carbons (Fsp3) is 0.357. The van der Waals surface area contributed by atoms with Gasteiger partial charge in [-0.1, -0.05) is 17.7 Å². The number of ketones is 1. The molecule has 0 atom stereocenters. The maximum absolute atomic E-state index is 11.7. The summed E-state index contributed by atoms with van der Waals surface area (Å²) in [5.41, 5.74) is 0.0208. The van der Waals surface area contributed by atoms with Crippen LogP contribution in [0, 0.1) is 0 Å². The molecule has 114 valence electrons. The molecule has 7 heteroatoms. The number of aliphatic carboxylic acids is 1. The van der Waals surface area contributed by atoms with Gasteiger partial charge in [0, 0.05) is 6.42 Å². The van der Waals surface area contributed by atoms with Crippen LogP contribution in [0.1, 0.15) is 26.3 Å². The predicted octanol–water partition coefficient (Wildman–Crippen LogP) is 2.88. The van der Waals surface area contributed by atoms with Crippen molar-refractivity contribution in [1.29, 1.82) is 0 Å². The smallest absolute Gasteiger partial charge is 0.412 e. The van der Waals surface area contributed by atoms with Gasteiger partial charge in [0.15, 0.2) is 0 Å². The van der Waals surface area contributed by atoms with E-state index < -0.39 is 23.4 Å². The molecule has 0 heterocycles. The van der Waals surface area contributed by atoms with E-state index in [1.54, 1.807) is 20.8 Å². The molecular weight excluding hydrogens is 298 g/mol.